The van der Waals surface area contributed by atoms with Crippen LogP contribution in [0.2, 0.25) is 0 Å². The van der Waals surface area contributed by atoms with Crippen LogP contribution in [0.4, 0.5) is 0 Å². The molecule has 0 aliphatic rings. The molecule has 0 spiro atoms. The van der Waals surface area contributed by atoms with Crippen molar-refractivity contribution in [3.05, 3.63) is 59.7 Å². The molecule has 0 radical (unpaired) electrons. The van der Waals surface area contributed by atoms with E-state index in [2.05, 4.69) is 35.9 Å². The molecule has 2 aromatic rings. The van der Waals surface area contributed by atoms with E-state index in [9.17, 15) is 10.2 Å². The van der Waals surface area contributed by atoms with Gasteiger partial charge < -0.3 is 20.8 Å². The van der Waals surface area contributed by atoms with Crippen LogP contribution in [0.25, 0.3) is 0 Å². The number of benzene rings is 2. The molecule has 0 aliphatic heterocycles. The molecule has 4 N–H and O–H groups in total. The van der Waals surface area contributed by atoms with Crippen LogP contribution in [0, 0.1) is 0 Å². The minimum absolute atomic E-state index is 0.138. The Bertz CT molecular complexity index is 550. The second-order valence-electron chi connectivity index (χ2n) is 5.56. The minimum atomic E-state index is 0.138. The molecule has 24 heavy (non-hydrogen) atoms. The molecule has 0 aliphatic carbocycles. The summed E-state index contributed by atoms with van der Waals surface area (Å²) in [5, 5.41) is 25.7. The van der Waals surface area contributed by atoms with Crippen LogP contribution in [0.15, 0.2) is 48.5 Å². The number of thiol groups is 2. The van der Waals surface area contributed by atoms with Gasteiger partial charge in [-0.05, 0) is 35.4 Å². The van der Waals surface area contributed by atoms with Gasteiger partial charge in [0.25, 0.3) is 0 Å². The van der Waals surface area contributed by atoms with Gasteiger partial charge in [0.05, 0.1) is 0 Å². The van der Waals surface area contributed by atoms with E-state index >= 15 is 0 Å². The Morgan fingerprint density at radius 2 is 1.00 bits per heavy atom. The van der Waals surface area contributed by atoms with Gasteiger partial charge in [0, 0.05) is 36.7 Å². The third kappa shape index (κ3) is 5.63. The van der Waals surface area contributed by atoms with Crippen molar-refractivity contribution in [3.8, 4) is 11.5 Å². The van der Waals surface area contributed by atoms with Crippen LogP contribution >= 0.6 is 25.3 Å². The molecule has 6 heteroatoms. The molecule has 2 atom stereocenters. The number of aromatic hydroxyl groups is 2. The largest absolute Gasteiger partial charge is 0.508 e. The van der Waals surface area contributed by atoms with Crippen molar-refractivity contribution in [2.24, 2.45) is 0 Å². The molecule has 0 heterocycles. The minimum Gasteiger partial charge on any atom is -0.508 e. The average molecular weight is 365 g/mol. The molecule has 2 aromatic carbocycles. The van der Waals surface area contributed by atoms with Gasteiger partial charge in [0.1, 0.15) is 11.5 Å². The molecular formula is C18H24N2O2S2. The first kappa shape index (κ1) is 19.0. The Balaban J connectivity index is 1.81. The third-order valence-electron chi connectivity index (χ3n) is 3.86. The highest BCUT2D eigenvalue weighted by Gasteiger charge is 2.11. The van der Waals surface area contributed by atoms with Crippen LogP contribution in [-0.2, 0) is 0 Å². The molecule has 1 unspecified atom stereocenters. The van der Waals surface area contributed by atoms with Crippen molar-refractivity contribution in [2.45, 2.75) is 12.1 Å². The molecule has 0 saturated carbocycles. The van der Waals surface area contributed by atoms with E-state index in [0.29, 0.717) is 11.5 Å². The van der Waals surface area contributed by atoms with Crippen LogP contribution in [-0.4, -0.2) is 34.8 Å². The van der Waals surface area contributed by atoms with E-state index in [1.807, 2.05) is 24.3 Å². The van der Waals surface area contributed by atoms with Gasteiger partial charge in [-0.25, -0.2) is 0 Å². The van der Waals surface area contributed by atoms with Crippen molar-refractivity contribution < 1.29 is 10.2 Å². The number of hydrogen-bond acceptors (Lipinski definition) is 6. The molecule has 4 nitrogen and oxygen atoms in total. The maximum absolute atomic E-state index is 9.37. The number of hydrogen-bond donors (Lipinski definition) is 6. The molecule has 0 aromatic heterocycles. The van der Waals surface area contributed by atoms with E-state index in [4.69, 9.17) is 0 Å². The summed E-state index contributed by atoms with van der Waals surface area (Å²) in [6.07, 6.45) is 0. The number of phenolic OH excluding ortho intramolecular Hbond substituents is 2. The highest BCUT2D eigenvalue weighted by molar-refractivity contribution is 7.80. The highest BCUT2D eigenvalue weighted by atomic mass is 32.1. The summed E-state index contributed by atoms with van der Waals surface area (Å²) in [7, 11) is 0. The number of phenols is 2. The van der Waals surface area contributed by atoms with E-state index in [0.717, 1.165) is 24.2 Å². The fraction of sp³-hybridized carbons (Fsp3) is 0.333. The van der Waals surface area contributed by atoms with Crippen LogP contribution in [0.1, 0.15) is 23.2 Å². The summed E-state index contributed by atoms with van der Waals surface area (Å²) in [6, 6.07) is 14.7. The zero-order chi connectivity index (χ0) is 17.4. The summed E-state index contributed by atoms with van der Waals surface area (Å²) in [5.41, 5.74) is 2.21. The molecule has 0 saturated heterocycles. The highest BCUT2D eigenvalue weighted by Crippen LogP contribution is 2.19. The molecule has 0 fully saturated rings. The van der Waals surface area contributed by atoms with Gasteiger partial charge in [0.15, 0.2) is 0 Å². The van der Waals surface area contributed by atoms with Gasteiger partial charge in [-0.2, -0.15) is 25.3 Å². The maximum atomic E-state index is 9.37. The van der Waals surface area contributed by atoms with E-state index in [1.165, 1.54) is 0 Å². The van der Waals surface area contributed by atoms with Crippen molar-refractivity contribution in [1.29, 1.82) is 0 Å². The lowest BCUT2D eigenvalue weighted by Crippen LogP contribution is -2.33. The van der Waals surface area contributed by atoms with Crippen molar-refractivity contribution in [2.75, 3.05) is 24.6 Å². The topological polar surface area (TPSA) is 64.5 Å². The van der Waals surface area contributed by atoms with Gasteiger partial charge in [0.2, 0.25) is 0 Å². The SMILES string of the molecule is Oc1ccc(C(CS)NCCN[C@H](CS)c2ccc(O)cc2)cc1. The Morgan fingerprint density at radius 3 is 1.29 bits per heavy atom. The normalized spacial score (nSPS) is 13.6. The number of nitrogens with one attached hydrogen (secondary N) is 2. The fourth-order valence-corrected chi connectivity index (χ4v) is 3.16. The van der Waals surface area contributed by atoms with Gasteiger partial charge in [-0.3, -0.25) is 0 Å². The predicted molar refractivity (Wildman–Crippen MR) is 105 cm³/mol. The Labute approximate surface area is 154 Å². The van der Waals surface area contributed by atoms with Crippen molar-refractivity contribution in [3.63, 3.8) is 0 Å². The summed E-state index contributed by atoms with van der Waals surface area (Å²) in [6.45, 7) is 1.57. The number of rotatable bonds is 9. The van der Waals surface area contributed by atoms with Crippen LogP contribution < -0.4 is 10.6 Å². The Kier molecular flexibility index (Phi) is 7.78. The quantitative estimate of drug-likeness (QED) is 0.306. The van der Waals surface area contributed by atoms with Crippen molar-refractivity contribution >= 4 is 25.3 Å². The van der Waals surface area contributed by atoms with Gasteiger partial charge >= 0.3 is 0 Å². The average Bonchev–Trinajstić information content (AvgIpc) is 2.60. The summed E-state index contributed by atoms with van der Waals surface area (Å²) in [5.74, 6) is 1.89. The lowest BCUT2D eigenvalue weighted by molar-refractivity contribution is 0.473. The van der Waals surface area contributed by atoms with E-state index in [1.54, 1.807) is 24.3 Å². The second kappa shape index (κ2) is 9.84. The second-order valence-corrected chi connectivity index (χ2v) is 6.29. The molecule has 0 amide bonds. The molecule has 2 rings (SSSR count). The zero-order valence-electron chi connectivity index (χ0n) is 13.4. The van der Waals surface area contributed by atoms with E-state index in [-0.39, 0.29) is 23.6 Å². The standard InChI is InChI=1S/C18H24N2O2S2/c21-15-5-1-13(2-6-15)17(11-23)19-9-10-20-18(12-24)14-3-7-16(22)8-4-14/h1-8,17-24H,9-12H2/t17-,18?/m1/s1. The Hall–Kier alpha value is -1.34. The first-order chi connectivity index (χ1) is 11.6. The van der Waals surface area contributed by atoms with Gasteiger partial charge in [-0.15, -0.1) is 0 Å². The lowest BCUT2D eigenvalue weighted by atomic mass is 10.1. The zero-order valence-corrected chi connectivity index (χ0v) is 15.2. The Morgan fingerprint density at radius 1 is 0.667 bits per heavy atom. The molecular weight excluding hydrogens is 340 g/mol. The van der Waals surface area contributed by atoms with E-state index < -0.39 is 0 Å². The third-order valence-corrected chi connectivity index (χ3v) is 4.59. The lowest BCUT2D eigenvalue weighted by Gasteiger charge is -2.20. The summed E-state index contributed by atoms with van der Waals surface area (Å²) in [4.78, 5) is 0. The van der Waals surface area contributed by atoms with Crippen LogP contribution in [0.3, 0.4) is 0 Å². The maximum Gasteiger partial charge on any atom is 0.115 e. The molecule has 130 valence electrons. The predicted octanol–water partition coefficient (Wildman–Crippen LogP) is 2.92. The monoisotopic (exact) mass is 364 g/mol. The summed E-state index contributed by atoms with van der Waals surface area (Å²) < 4.78 is 0. The smallest absolute Gasteiger partial charge is 0.115 e. The van der Waals surface area contributed by atoms with Crippen LogP contribution in [0.5, 0.6) is 11.5 Å². The van der Waals surface area contributed by atoms with Crippen molar-refractivity contribution in [1.82, 2.24) is 10.6 Å². The first-order valence-corrected chi connectivity index (χ1v) is 9.17. The molecule has 0 bridgehead atoms. The van der Waals surface area contributed by atoms with Gasteiger partial charge in [-0.1, -0.05) is 24.3 Å². The fourth-order valence-electron chi connectivity index (χ4n) is 2.48. The summed E-state index contributed by atoms with van der Waals surface area (Å²) >= 11 is 8.80. The first-order valence-electron chi connectivity index (χ1n) is 7.90.